The van der Waals surface area contributed by atoms with Crippen LogP contribution < -0.4 is 16.0 Å². The van der Waals surface area contributed by atoms with E-state index < -0.39 is 0 Å². The first kappa shape index (κ1) is 13.9. The first-order valence-corrected chi connectivity index (χ1v) is 6.82. The highest BCUT2D eigenvalue weighted by molar-refractivity contribution is 5.76. The van der Waals surface area contributed by atoms with Gasteiger partial charge in [-0.1, -0.05) is 12.1 Å². The van der Waals surface area contributed by atoms with Crippen LogP contribution in [-0.4, -0.2) is 33.1 Å². The van der Waals surface area contributed by atoms with E-state index >= 15 is 0 Å². The second-order valence-corrected chi connectivity index (χ2v) is 5.53. The van der Waals surface area contributed by atoms with Crippen LogP contribution >= 0.6 is 0 Å². The van der Waals surface area contributed by atoms with Gasteiger partial charge in [0.2, 0.25) is 5.91 Å². The number of hydrogen-bond donors (Lipinski definition) is 2. The zero-order valence-corrected chi connectivity index (χ0v) is 11.8. The van der Waals surface area contributed by atoms with Gasteiger partial charge in [0, 0.05) is 44.7 Å². The molecule has 0 spiro atoms. The maximum Gasteiger partial charge on any atom is 0.220 e. The van der Waals surface area contributed by atoms with Gasteiger partial charge in [0.05, 0.1) is 0 Å². The Labute approximate surface area is 115 Å². The third-order valence-corrected chi connectivity index (χ3v) is 4.14. The van der Waals surface area contributed by atoms with Crippen LogP contribution in [0.25, 0.3) is 0 Å². The van der Waals surface area contributed by atoms with E-state index in [-0.39, 0.29) is 11.3 Å². The number of amides is 1. The molecule has 104 valence electrons. The molecule has 1 amide bonds. The lowest BCUT2D eigenvalue weighted by Crippen LogP contribution is -2.36. The molecule has 0 aliphatic carbocycles. The van der Waals surface area contributed by atoms with Gasteiger partial charge in [-0.3, -0.25) is 4.79 Å². The molecule has 1 unspecified atom stereocenters. The normalized spacial score (nSPS) is 23.6. The van der Waals surface area contributed by atoms with Gasteiger partial charge in [-0.2, -0.15) is 0 Å². The predicted octanol–water partition coefficient (Wildman–Crippen LogP) is 1.25. The summed E-state index contributed by atoms with van der Waals surface area (Å²) in [6.07, 6.45) is 2.31. The Morgan fingerprint density at radius 2 is 1.95 bits per heavy atom. The van der Waals surface area contributed by atoms with E-state index in [1.807, 2.05) is 14.1 Å². The van der Waals surface area contributed by atoms with Crippen molar-refractivity contribution in [3.63, 3.8) is 0 Å². The van der Waals surface area contributed by atoms with Crippen molar-refractivity contribution in [3.8, 4) is 0 Å². The fourth-order valence-corrected chi connectivity index (χ4v) is 2.73. The van der Waals surface area contributed by atoms with Crippen LogP contribution in [-0.2, 0) is 10.2 Å². The molecule has 1 aliphatic heterocycles. The number of benzene rings is 1. The van der Waals surface area contributed by atoms with Gasteiger partial charge in [0.1, 0.15) is 0 Å². The zero-order chi connectivity index (χ0) is 13.9. The summed E-state index contributed by atoms with van der Waals surface area (Å²) in [6, 6.07) is 8.54. The lowest BCUT2D eigenvalue weighted by Gasteiger charge is -2.31. The molecule has 0 aromatic heterocycles. The minimum atomic E-state index is -0.0655. The molecule has 1 fully saturated rings. The highest BCUT2D eigenvalue weighted by Gasteiger charge is 2.33. The number of rotatable bonds is 3. The van der Waals surface area contributed by atoms with E-state index in [4.69, 9.17) is 5.73 Å². The quantitative estimate of drug-likeness (QED) is 0.861. The van der Waals surface area contributed by atoms with Gasteiger partial charge in [-0.15, -0.1) is 0 Å². The summed E-state index contributed by atoms with van der Waals surface area (Å²) in [7, 11) is 4.06. The van der Waals surface area contributed by atoms with Crippen molar-refractivity contribution < 1.29 is 4.79 Å². The molecule has 0 radical (unpaired) electrons. The molecular weight excluding hydrogens is 238 g/mol. The summed E-state index contributed by atoms with van der Waals surface area (Å²) in [6.45, 7) is 1.30. The first-order chi connectivity index (χ1) is 9.07. The van der Waals surface area contributed by atoms with Crippen LogP contribution in [0.1, 0.15) is 24.8 Å². The summed E-state index contributed by atoms with van der Waals surface area (Å²) in [5.41, 5.74) is 8.39. The van der Waals surface area contributed by atoms with E-state index in [0.717, 1.165) is 12.8 Å². The van der Waals surface area contributed by atoms with Crippen molar-refractivity contribution in [2.24, 2.45) is 5.73 Å². The molecule has 1 aromatic carbocycles. The van der Waals surface area contributed by atoms with Crippen LogP contribution in [0.3, 0.4) is 0 Å². The van der Waals surface area contributed by atoms with Crippen molar-refractivity contribution in [2.75, 3.05) is 32.1 Å². The van der Waals surface area contributed by atoms with Crippen LogP contribution in [0.4, 0.5) is 5.69 Å². The standard InChI is InChI=1S/C15H23N3O/c1-18(2)13-5-3-12(4-6-13)15(11-16)8-7-14(19)17-10-9-15/h3-6H,7-11,16H2,1-2H3,(H,17,19). The maximum atomic E-state index is 11.5. The minimum absolute atomic E-state index is 0.0655. The Morgan fingerprint density at radius 3 is 2.53 bits per heavy atom. The Morgan fingerprint density at radius 1 is 1.26 bits per heavy atom. The minimum Gasteiger partial charge on any atom is -0.378 e. The Kier molecular flexibility index (Phi) is 4.10. The summed E-state index contributed by atoms with van der Waals surface area (Å²) >= 11 is 0. The number of hydrogen-bond acceptors (Lipinski definition) is 3. The number of nitrogens with zero attached hydrogens (tertiary/aromatic N) is 1. The van der Waals surface area contributed by atoms with Gasteiger partial charge in [-0.25, -0.2) is 0 Å². The van der Waals surface area contributed by atoms with Crippen LogP contribution in [0.5, 0.6) is 0 Å². The molecule has 2 rings (SSSR count). The highest BCUT2D eigenvalue weighted by Crippen LogP contribution is 2.34. The fourth-order valence-electron chi connectivity index (χ4n) is 2.73. The van der Waals surface area contributed by atoms with Crippen LogP contribution in [0.15, 0.2) is 24.3 Å². The number of carbonyl (C=O) groups is 1. The molecule has 4 nitrogen and oxygen atoms in total. The Bertz CT molecular complexity index is 441. The molecule has 1 saturated heterocycles. The molecule has 0 saturated carbocycles. The zero-order valence-electron chi connectivity index (χ0n) is 11.8. The van der Waals surface area contributed by atoms with Crippen LogP contribution in [0, 0.1) is 0 Å². The van der Waals surface area contributed by atoms with E-state index in [2.05, 4.69) is 34.5 Å². The van der Waals surface area contributed by atoms with E-state index in [1.165, 1.54) is 11.3 Å². The number of nitrogens with two attached hydrogens (primary N) is 1. The molecular formula is C15H23N3O. The molecule has 1 aliphatic rings. The van der Waals surface area contributed by atoms with Crippen molar-refractivity contribution >= 4 is 11.6 Å². The second-order valence-electron chi connectivity index (χ2n) is 5.53. The molecule has 3 N–H and O–H groups in total. The summed E-state index contributed by atoms with van der Waals surface area (Å²) in [5.74, 6) is 0.139. The summed E-state index contributed by atoms with van der Waals surface area (Å²) in [4.78, 5) is 13.6. The third kappa shape index (κ3) is 2.89. The number of anilines is 1. The van der Waals surface area contributed by atoms with Gasteiger partial charge >= 0.3 is 0 Å². The van der Waals surface area contributed by atoms with E-state index in [9.17, 15) is 4.79 Å². The van der Waals surface area contributed by atoms with Crippen molar-refractivity contribution in [1.82, 2.24) is 5.32 Å². The van der Waals surface area contributed by atoms with E-state index in [1.54, 1.807) is 0 Å². The number of nitrogens with one attached hydrogen (secondary N) is 1. The average molecular weight is 261 g/mol. The van der Waals surface area contributed by atoms with Gasteiger partial charge in [0.25, 0.3) is 0 Å². The van der Waals surface area contributed by atoms with Gasteiger partial charge in [0.15, 0.2) is 0 Å². The van der Waals surface area contributed by atoms with E-state index in [0.29, 0.717) is 19.5 Å². The molecule has 19 heavy (non-hydrogen) atoms. The summed E-state index contributed by atoms with van der Waals surface area (Å²) in [5, 5.41) is 2.93. The Balaban J connectivity index is 2.27. The highest BCUT2D eigenvalue weighted by atomic mass is 16.1. The molecule has 4 heteroatoms. The average Bonchev–Trinajstić information content (AvgIpc) is 2.61. The van der Waals surface area contributed by atoms with Crippen molar-refractivity contribution in [2.45, 2.75) is 24.7 Å². The predicted molar refractivity (Wildman–Crippen MR) is 78.4 cm³/mol. The largest absolute Gasteiger partial charge is 0.378 e. The lowest BCUT2D eigenvalue weighted by atomic mass is 9.74. The van der Waals surface area contributed by atoms with Gasteiger partial charge in [-0.05, 0) is 30.5 Å². The van der Waals surface area contributed by atoms with Crippen molar-refractivity contribution in [3.05, 3.63) is 29.8 Å². The van der Waals surface area contributed by atoms with Crippen molar-refractivity contribution in [1.29, 1.82) is 0 Å². The molecule has 0 bridgehead atoms. The second kappa shape index (κ2) is 5.61. The monoisotopic (exact) mass is 261 g/mol. The van der Waals surface area contributed by atoms with Gasteiger partial charge < -0.3 is 16.0 Å². The molecule has 1 heterocycles. The number of carbonyl (C=O) groups excluding carboxylic acids is 1. The topological polar surface area (TPSA) is 58.4 Å². The van der Waals surface area contributed by atoms with Crippen LogP contribution in [0.2, 0.25) is 0 Å². The molecule has 1 atom stereocenters. The lowest BCUT2D eigenvalue weighted by molar-refractivity contribution is -0.120. The SMILES string of the molecule is CN(C)c1ccc(C2(CN)CCNC(=O)CC2)cc1. The maximum absolute atomic E-state index is 11.5. The Hall–Kier alpha value is -1.55. The smallest absolute Gasteiger partial charge is 0.220 e. The summed E-state index contributed by atoms with van der Waals surface area (Å²) < 4.78 is 0. The fraction of sp³-hybridized carbons (Fsp3) is 0.533. The third-order valence-electron chi connectivity index (χ3n) is 4.14. The molecule has 1 aromatic rings. The first-order valence-electron chi connectivity index (χ1n) is 6.82.